The van der Waals surface area contributed by atoms with Crippen molar-refractivity contribution >= 4 is 11.9 Å². The highest BCUT2D eigenvalue weighted by molar-refractivity contribution is 5.98. The molecule has 1 aromatic rings. The van der Waals surface area contributed by atoms with Crippen LogP contribution in [0.4, 0.5) is 0 Å². The molecule has 0 spiro atoms. The van der Waals surface area contributed by atoms with Crippen LogP contribution in [0.1, 0.15) is 74.0 Å². The van der Waals surface area contributed by atoms with E-state index in [4.69, 9.17) is 18.9 Å². The number of benzene rings is 1. The maximum Gasteiger partial charge on any atom is 0.342 e. The third-order valence-electron chi connectivity index (χ3n) is 8.96. The summed E-state index contributed by atoms with van der Waals surface area (Å²) in [6.07, 6.45) is -0.102. The Bertz CT molecular complexity index is 1080. The van der Waals surface area contributed by atoms with Gasteiger partial charge in [-0.25, -0.2) is 4.79 Å². The Labute approximate surface area is 193 Å². The SMILES string of the molecule is COc1c2c(c(C)c3c1C(=O)OC3)O[C@@]1(C)C[C@H](O)[C@]3(O)C(C)(C)OC(=O)CC[C@]3(C)[C@@H]1C2. The molecule has 4 aliphatic rings. The lowest BCUT2D eigenvalue weighted by molar-refractivity contribution is -0.302. The van der Waals surface area contributed by atoms with Crippen molar-refractivity contribution in [3.05, 3.63) is 22.3 Å². The molecule has 1 saturated carbocycles. The van der Waals surface area contributed by atoms with Crippen LogP contribution in [0, 0.1) is 18.3 Å². The third-order valence-corrected chi connectivity index (χ3v) is 8.96. The van der Waals surface area contributed by atoms with Crippen LogP contribution < -0.4 is 9.47 Å². The molecule has 0 aromatic heterocycles. The number of carbonyl (C=O) groups is 2. The summed E-state index contributed by atoms with van der Waals surface area (Å²) in [7, 11) is 1.52. The zero-order valence-corrected chi connectivity index (χ0v) is 20.0. The largest absolute Gasteiger partial charge is 0.495 e. The van der Waals surface area contributed by atoms with E-state index in [1.54, 1.807) is 13.8 Å². The van der Waals surface area contributed by atoms with E-state index in [1.807, 2.05) is 20.8 Å². The molecular weight excluding hydrogens is 428 g/mol. The molecule has 2 fully saturated rings. The molecule has 1 aromatic carbocycles. The Balaban J connectivity index is 1.73. The van der Waals surface area contributed by atoms with Crippen LogP contribution in [0.3, 0.4) is 0 Å². The summed E-state index contributed by atoms with van der Waals surface area (Å²) in [6.45, 7) is 9.26. The van der Waals surface area contributed by atoms with Gasteiger partial charge in [-0.15, -0.1) is 0 Å². The smallest absolute Gasteiger partial charge is 0.342 e. The van der Waals surface area contributed by atoms with Crippen molar-refractivity contribution in [2.75, 3.05) is 7.11 Å². The summed E-state index contributed by atoms with van der Waals surface area (Å²) >= 11 is 0. The Hall–Kier alpha value is -2.32. The average molecular weight is 461 g/mol. The molecule has 0 amide bonds. The number of cyclic esters (lactones) is 2. The topological polar surface area (TPSA) is 112 Å². The number of aliphatic hydroxyl groups is 2. The van der Waals surface area contributed by atoms with E-state index in [-0.39, 0.29) is 25.4 Å². The standard InChI is InChI=1S/C25H32O8/c1-12-14-11-31-21(28)18(14)20(30-6)13-9-15-23(4)8-7-17(27)32-22(2,3)25(23,29)16(26)10-24(15,5)33-19(12)13/h15-16,26,29H,7-11H2,1-6H3/t15-,16-,23+,24-,25-/m0/s1. The van der Waals surface area contributed by atoms with E-state index in [2.05, 4.69) is 0 Å². The van der Waals surface area contributed by atoms with Gasteiger partial charge in [0.2, 0.25) is 0 Å². The van der Waals surface area contributed by atoms with Crippen LogP contribution in [0.25, 0.3) is 0 Å². The maximum absolute atomic E-state index is 12.5. The van der Waals surface area contributed by atoms with Gasteiger partial charge in [0.1, 0.15) is 40.5 Å². The summed E-state index contributed by atoms with van der Waals surface area (Å²) in [5, 5.41) is 23.5. The van der Waals surface area contributed by atoms with Gasteiger partial charge < -0.3 is 29.2 Å². The van der Waals surface area contributed by atoms with E-state index in [0.717, 1.165) is 16.7 Å². The molecule has 8 heteroatoms. The Kier molecular flexibility index (Phi) is 4.51. The molecule has 33 heavy (non-hydrogen) atoms. The normalized spacial score (nSPS) is 38.5. The summed E-state index contributed by atoms with van der Waals surface area (Å²) in [5.41, 5.74) is -1.98. The maximum atomic E-state index is 12.5. The van der Waals surface area contributed by atoms with Crippen molar-refractivity contribution in [2.24, 2.45) is 11.3 Å². The van der Waals surface area contributed by atoms with Gasteiger partial charge in [0.25, 0.3) is 0 Å². The van der Waals surface area contributed by atoms with Crippen molar-refractivity contribution in [1.29, 1.82) is 0 Å². The van der Waals surface area contributed by atoms with E-state index in [1.165, 1.54) is 7.11 Å². The van der Waals surface area contributed by atoms with Crippen LogP contribution >= 0.6 is 0 Å². The second-order valence-corrected chi connectivity index (χ2v) is 11.0. The minimum atomic E-state index is -1.70. The molecule has 180 valence electrons. The second-order valence-electron chi connectivity index (χ2n) is 11.0. The zero-order chi connectivity index (χ0) is 24.1. The van der Waals surface area contributed by atoms with Crippen LogP contribution in [-0.4, -0.2) is 52.2 Å². The van der Waals surface area contributed by atoms with Crippen LogP contribution in [0.15, 0.2) is 0 Å². The summed E-state index contributed by atoms with van der Waals surface area (Å²) in [4.78, 5) is 25.0. The van der Waals surface area contributed by atoms with Crippen molar-refractivity contribution in [1.82, 2.24) is 0 Å². The fourth-order valence-corrected chi connectivity index (χ4v) is 7.31. The summed E-state index contributed by atoms with van der Waals surface area (Å²) in [6, 6.07) is 0. The van der Waals surface area contributed by atoms with Crippen molar-refractivity contribution in [2.45, 2.75) is 89.8 Å². The molecule has 1 aliphatic carbocycles. The number of esters is 2. The van der Waals surface area contributed by atoms with Gasteiger partial charge in [-0.2, -0.15) is 0 Å². The Morgan fingerprint density at radius 2 is 1.79 bits per heavy atom. The highest BCUT2D eigenvalue weighted by atomic mass is 16.6. The number of fused-ring (bicyclic) bond motifs is 5. The fraction of sp³-hybridized carbons (Fsp3) is 0.680. The molecule has 0 bridgehead atoms. The van der Waals surface area contributed by atoms with E-state index < -0.39 is 40.3 Å². The third kappa shape index (κ3) is 2.59. The number of rotatable bonds is 1. The van der Waals surface area contributed by atoms with E-state index in [0.29, 0.717) is 29.9 Å². The molecule has 3 aliphatic heterocycles. The van der Waals surface area contributed by atoms with Gasteiger partial charge in [0.15, 0.2) is 0 Å². The lowest BCUT2D eigenvalue weighted by Crippen LogP contribution is -2.76. The highest BCUT2D eigenvalue weighted by Gasteiger charge is 2.73. The summed E-state index contributed by atoms with van der Waals surface area (Å²) < 4.78 is 23.3. The monoisotopic (exact) mass is 460 g/mol. The first-order valence-corrected chi connectivity index (χ1v) is 11.5. The number of ether oxygens (including phenoxy) is 4. The predicted molar refractivity (Wildman–Crippen MR) is 116 cm³/mol. The lowest BCUT2D eigenvalue weighted by Gasteiger charge is -2.65. The minimum absolute atomic E-state index is 0.126. The predicted octanol–water partition coefficient (Wildman–Crippen LogP) is 2.60. The molecule has 5 rings (SSSR count). The minimum Gasteiger partial charge on any atom is -0.495 e. The molecule has 8 nitrogen and oxygen atoms in total. The van der Waals surface area contributed by atoms with E-state index in [9.17, 15) is 19.8 Å². The van der Waals surface area contributed by atoms with Crippen molar-refractivity contribution < 1.29 is 38.7 Å². The zero-order valence-electron chi connectivity index (χ0n) is 20.0. The molecule has 2 N–H and O–H groups in total. The molecule has 5 atom stereocenters. The molecule has 1 saturated heterocycles. The molecule has 3 heterocycles. The van der Waals surface area contributed by atoms with Crippen LogP contribution in [-0.2, 0) is 27.3 Å². The van der Waals surface area contributed by atoms with Gasteiger partial charge in [-0.1, -0.05) is 6.92 Å². The van der Waals surface area contributed by atoms with Crippen LogP contribution in [0.5, 0.6) is 11.5 Å². The second kappa shape index (κ2) is 6.63. The van der Waals surface area contributed by atoms with Gasteiger partial charge in [0, 0.05) is 35.3 Å². The summed E-state index contributed by atoms with van der Waals surface area (Å²) in [5.74, 6) is -0.0253. The van der Waals surface area contributed by atoms with Crippen LogP contribution in [0.2, 0.25) is 0 Å². The van der Waals surface area contributed by atoms with E-state index >= 15 is 0 Å². The first kappa shape index (κ1) is 22.5. The quantitative estimate of drug-likeness (QED) is 0.615. The number of methoxy groups -OCH3 is 1. The Morgan fingerprint density at radius 3 is 2.45 bits per heavy atom. The lowest BCUT2D eigenvalue weighted by atomic mass is 9.46. The van der Waals surface area contributed by atoms with Gasteiger partial charge in [0.05, 0.1) is 13.2 Å². The number of hydrogen-bond acceptors (Lipinski definition) is 8. The van der Waals surface area contributed by atoms with Gasteiger partial charge in [-0.3, -0.25) is 4.79 Å². The molecule has 0 unspecified atom stereocenters. The van der Waals surface area contributed by atoms with Crippen molar-refractivity contribution in [3.63, 3.8) is 0 Å². The van der Waals surface area contributed by atoms with Gasteiger partial charge >= 0.3 is 11.9 Å². The first-order valence-electron chi connectivity index (χ1n) is 11.5. The highest BCUT2D eigenvalue weighted by Crippen LogP contribution is 2.64. The average Bonchev–Trinajstić information content (AvgIpc) is 3.09. The fourth-order valence-electron chi connectivity index (χ4n) is 7.31. The Morgan fingerprint density at radius 1 is 1.09 bits per heavy atom. The van der Waals surface area contributed by atoms with Crippen molar-refractivity contribution in [3.8, 4) is 11.5 Å². The van der Waals surface area contributed by atoms with Gasteiger partial charge in [-0.05, 0) is 46.1 Å². The first-order chi connectivity index (χ1) is 15.3. The number of hydrogen-bond donors (Lipinski definition) is 2. The number of carbonyl (C=O) groups excluding carboxylic acids is 2. The molecular formula is C25H32O8. The number of aliphatic hydroxyl groups excluding tert-OH is 1. The molecule has 0 radical (unpaired) electrons.